The summed E-state index contributed by atoms with van der Waals surface area (Å²) in [4.78, 5) is -0.201. The average molecular weight is 304 g/mol. The number of hydrogen-bond donors (Lipinski definition) is 0. The standard InChI is InChI=1S/C15H10ClNO2S/c16-13-8-6-12(7-9-13)10-15(11-17)20(18,19)14-4-2-1-3-5-14/h1-10H/b15-10+. The van der Waals surface area contributed by atoms with Gasteiger partial charge in [-0.3, -0.25) is 0 Å². The fourth-order valence-electron chi connectivity index (χ4n) is 1.61. The van der Waals surface area contributed by atoms with Crippen LogP contribution in [0.15, 0.2) is 64.4 Å². The molecule has 3 nitrogen and oxygen atoms in total. The summed E-state index contributed by atoms with van der Waals surface area (Å²) in [6.45, 7) is 0. The second-order valence-corrected chi connectivity index (χ2v) is 6.34. The van der Waals surface area contributed by atoms with E-state index in [4.69, 9.17) is 16.9 Å². The van der Waals surface area contributed by atoms with Gasteiger partial charge in [0.15, 0.2) is 0 Å². The zero-order valence-electron chi connectivity index (χ0n) is 10.3. The van der Waals surface area contributed by atoms with Gasteiger partial charge in [-0.25, -0.2) is 8.42 Å². The summed E-state index contributed by atoms with van der Waals surface area (Å²) in [6, 6.07) is 16.2. The molecule has 0 aliphatic rings. The van der Waals surface area contributed by atoms with Crippen molar-refractivity contribution < 1.29 is 8.42 Å². The largest absolute Gasteiger partial charge is 0.218 e. The highest BCUT2D eigenvalue weighted by atomic mass is 35.5. The molecule has 0 aliphatic carbocycles. The van der Waals surface area contributed by atoms with Crippen molar-refractivity contribution in [1.29, 1.82) is 5.26 Å². The lowest BCUT2D eigenvalue weighted by Crippen LogP contribution is -2.03. The first-order chi connectivity index (χ1) is 9.54. The molecule has 0 saturated heterocycles. The lowest BCUT2D eigenvalue weighted by Gasteiger charge is -2.02. The SMILES string of the molecule is N#C/C(=C\c1ccc(Cl)cc1)S(=O)(=O)c1ccccc1. The number of sulfone groups is 1. The van der Waals surface area contributed by atoms with Crippen molar-refractivity contribution in [3.05, 3.63) is 70.1 Å². The Morgan fingerprint density at radius 1 is 1.05 bits per heavy atom. The molecule has 0 unspecified atom stereocenters. The number of allylic oxidation sites excluding steroid dienone is 1. The third-order valence-corrected chi connectivity index (χ3v) is 4.55. The van der Waals surface area contributed by atoms with E-state index in [0.717, 1.165) is 0 Å². The molecule has 0 radical (unpaired) electrons. The predicted octanol–water partition coefficient (Wildman–Crippen LogP) is 3.68. The predicted molar refractivity (Wildman–Crippen MR) is 78.7 cm³/mol. The van der Waals surface area contributed by atoms with Crippen LogP contribution in [-0.4, -0.2) is 8.42 Å². The van der Waals surface area contributed by atoms with E-state index in [0.29, 0.717) is 10.6 Å². The van der Waals surface area contributed by atoms with Gasteiger partial charge in [-0.15, -0.1) is 0 Å². The van der Waals surface area contributed by atoms with E-state index in [9.17, 15) is 8.42 Å². The van der Waals surface area contributed by atoms with Crippen molar-refractivity contribution in [2.45, 2.75) is 4.90 Å². The maximum atomic E-state index is 12.3. The smallest absolute Gasteiger partial charge is 0.216 e. The molecule has 5 heteroatoms. The number of hydrogen-bond acceptors (Lipinski definition) is 3. The Morgan fingerprint density at radius 2 is 1.65 bits per heavy atom. The average Bonchev–Trinajstić information content (AvgIpc) is 2.47. The maximum absolute atomic E-state index is 12.3. The van der Waals surface area contributed by atoms with Crippen LogP contribution in [-0.2, 0) is 9.84 Å². The van der Waals surface area contributed by atoms with E-state index in [1.54, 1.807) is 48.5 Å². The first-order valence-corrected chi connectivity index (χ1v) is 7.57. The minimum atomic E-state index is -3.79. The van der Waals surface area contributed by atoms with Crippen LogP contribution in [0.1, 0.15) is 5.56 Å². The van der Waals surface area contributed by atoms with Crippen molar-refractivity contribution >= 4 is 27.5 Å². The highest BCUT2D eigenvalue weighted by molar-refractivity contribution is 7.95. The molecule has 2 aromatic rings. The zero-order chi connectivity index (χ0) is 14.6. The van der Waals surface area contributed by atoms with Gasteiger partial charge in [0, 0.05) is 5.02 Å². The normalized spacial score (nSPS) is 11.9. The van der Waals surface area contributed by atoms with Gasteiger partial charge in [0.25, 0.3) is 0 Å². The molecule has 2 aromatic carbocycles. The Balaban J connectivity index is 2.48. The van der Waals surface area contributed by atoms with E-state index in [2.05, 4.69) is 0 Å². The fraction of sp³-hybridized carbons (Fsp3) is 0. The van der Waals surface area contributed by atoms with Gasteiger partial charge >= 0.3 is 0 Å². The lowest BCUT2D eigenvalue weighted by molar-refractivity contribution is 0.603. The first-order valence-electron chi connectivity index (χ1n) is 5.71. The molecule has 0 amide bonds. The summed E-state index contributed by atoms with van der Waals surface area (Å²) in [5.74, 6) is 0. The van der Waals surface area contributed by atoms with E-state index < -0.39 is 9.84 Å². The number of benzene rings is 2. The van der Waals surface area contributed by atoms with Crippen molar-refractivity contribution in [3.8, 4) is 6.07 Å². The Bertz CT molecular complexity index is 773. The molecule has 0 aromatic heterocycles. The quantitative estimate of drug-likeness (QED) is 0.813. The number of rotatable bonds is 3. The minimum absolute atomic E-state index is 0.0989. The second kappa shape index (κ2) is 5.91. The van der Waals surface area contributed by atoms with Crippen molar-refractivity contribution in [3.63, 3.8) is 0 Å². The van der Waals surface area contributed by atoms with Gasteiger partial charge in [0.2, 0.25) is 9.84 Å². The second-order valence-electron chi connectivity index (χ2n) is 3.99. The van der Waals surface area contributed by atoms with Crippen LogP contribution in [0.5, 0.6) is 0 Å². The number of halogens is 1. The molecule has 100 valence electrons. The Hall–Kier alpha value is -2.09. The van der Waals surface area contributed by atoms with E-state index >= 15 is 0 Å². The van der Waals surface area contributed by atoms with Gasteiger partial charge in [0.05, 0.1) is 4.90 Å². The minimum Gasteiger partial charge on any atom is -0.218 e. The molecular weight excluding hydrogens is 294 g/mol. The molecule has 0 aliphatic heterocycles. The molecule has 0 bridgehead atoms. The lowest BCUT2D eigenvalue weighted by atomic mass is 10.2. The van der Waals surface area contributed by atoms with Crippen LogP contribution >= 0.6 is 11.6 Å². The highest BCUT2D eigenvalue weighted by Gasteiger charge is 2.20. The third-order valence-electron chi connectivity index (χ3n) is 2.62. The molecule has 0 heterocycles. The third kappa shape index (κ3) is 3.08. The summed E-state index contributed by atoms with van der Waals surface area (Å²) in [5, 5.41) is 9.66. The van der Waals surface area contributed by atoms with Gasteiger partial charge in [-0.05, 0) is 35.9 Å². The number of nitriles is 1. The van der Waals surface area contributed by atoms with Crippen molar-refractivity contribution in [2.24, 2.45) is 0 Å². The number of nitrogens with zero attached hydrogens (tertiary/aromatic N) is 1. The van der Waals surface area contributed by atoms with E-state index in [-0.39, 0.29) is 9.80 Å². The van der Waals surface area contributed by atoms with Crippen molar-refractivity contribution in [1.82, 2.24) is 0 Å². The fourth-order valence-corrected chi connectivity index (χ4v) is 2.91. The molecule has 20 heavy (non-hydrogen) atoms. The molecule has 2 rings (SSSR count). The first kappa shape index (κ1) is 14.3. The van der Waals surface area contributed by atoms with Crippen LogP contribution in [0.2, 0.25) is 5.02 Å². The van der Waals surface area contributed by atoms with Crippen LogP contribution in [0.4, 0.5) is 0 Å². The topological polar surface area (TPSA) is 57.9 Å². The van der Waals surface area contributed by atoms with E-state index in [1.807, 2.05) is 0 Å². The summed E-state index contributed by atoms with van der Waals surface area (Å²) >= 11 is 5.76. The van der Waals surface area contributed by atoms with Gasteiger partial charge in [0.1, 0.15) is 11.0 Å². The van der Waals surface area contributed by atoms with Crippen LogP contribution in [0.3, 0.4) is 0 Å². The molecule has 0 saturated carbocycles. The van der Waals surface area contributed by atoms with E-state index in [1.165, 1.54) is 18.2 Å². The summed E-state index contributed by atoms with van der Waals surface area (Å²) < 4.78 is 24.6. The summed E-state index contributed by atoms with van der Waals surface area (Å²) in [6.07, 6.45) is 1.33. The zero-order valence-corrected chi connectivity index (χ0v) is 11.9. The Kier molecular flexibility index (Phi) is 4.23. The molecular formula is C15H10ClNO2S. The molecule has 0 fully saturated rings. The molecule has 0 N–H and O–H groups in total. The highest BCUT2D eigenvalue weighted by Crippen LogP contribution is 2.21. The molecule has 0 spiro atoms. The monoisotopic (exact) mass is 303 g/mol. The van der Waals surface area contributed by atoms with Gasteiger partial charge < -0.3 is 0 Å². The summed E-state index contributed by atoms with van der Waals surface area (Å²) in [7, 11) is -3.79. The van der Waals surface area contributed by atoms with Crippen molar-refractivity contribution in [2.75, 3.05) is 0 Å². The van der Waals surface area contributed by atoms with Crippen LogP contribution in [0, 0.1) is 11.3 Å². The molecule has 0 atom stereocenters. The van der Waals surface area contributed by atoms with Crippen LogP contribution in [0.25, 0.3) is 6.08 Å². The Morgan fingerprint density at radius 3 is 2.20 bits per heavy atom. The summed E-state index contributed by atoms with van der Waals surface area (Å²) in [5.41, 5.74) is 0.602. The van der Waals surface area contributed by atoms with Gasteiger partial charge in [-0.1, -0.05) is 41.9 Å². The Labute approximate surface area is 122 Å². The maximum Gasteiger partial charge on any atom is 0.216 e. The van der Waals surface area contributed by atoms with Crippen LogP contribution < -0.4 is 0 Å². The van der Waals surface area contributed by atoms with Gasteiger partial charge in [-0.2, -0.15) is 5.26 Å².